The van der Waals surface area contributed by atoms with Gasteiger partial charge in [-0.1, -0.05) is 45.3 Å². The summed E-state index contributed by atoms with van der Waals surface area (Å²) >= 11 is 0. The highest BCUT2D eigenvalue weighted by molar-refractivity contribution is 5.40. The van der Waals surface area contributed by atoms with Crippen LogP contribution in [0.25, 0.3) is 11.4 Å². The molecule has 112 valence electrons. The zero-order valence-corrected chi connectivity index (χ0v) is 12.3. The number of fused-ring (bicyclic) bond motifs is 3. The summed E-state index contributed by atoms with van der Waals surface area (Å²) in [6, 6.07) is 16.2. The van der Waals surface area contributed by atoms with Crippen LogP contribution < -0.4 is 4.68 Å². The Morgan fingerprint density at radius 2 is 1.77 bits per heavy atom. The van der Waals surface area contributed by atoms with E-state index < -0.39 is 0 Å². The quantitative estimate of drug-likeness (QED) is 0.699. The molecular weight excluding hydrogens is 278 g/mol. The van der Waals surface area contributed by atoms with Gasteiger partial charge in [-0.05, 0) is 31.5 Å². The van der Waals surface area contributed by atoms with Crippen molar-refractivity contribution in [2.45, 2.75) is 19.8 Å². The van der Waals surface area contributed by atoms with E-state index >= 15 is 0 Å². The number of rotatable bonds is 1. The van der Waals surface area contributed by atoms with E-state index in [1.807, 2.05) is 54.1 Å². The third kappa shape index (κ3) is 2.07. The van der Waals surface area contributed by atoms with Crippen LogP contribution in [0.3, 0.4) is 0 Å². The molecule has 0 fully saturated rings. The van der Waals surface area contributed by atoms with Crippen molar-refractivity contribution >= 4 is 0 Å². The third-order valence-corrected chi connectivity index (χ3v) is 4.02. The van der Waals surface area contributed by atoms with E-state index in [9.17, 15) is 5.11 Å². The molecule has 5 heteroatoms. The minimum absolute atomic E-state index is 0. The molecule has 0 aliphatic carbocycles. The van der Waals surface area contributed by atoms with Gasteiger partial charge in [0.05, 0.1) is 0 Å². The number of benzene rings is 2. The number of para-hydroxylation sites is 1. The number of nitrogens with zero attached hydrogens (tertiary/aromatic N) is 3. The largest absolute Gasteiger partial charge is 0.870 e. The number of hydrogen-bond acceptors (Lipinski definition) is 3. The molecule has 0 atom stereocenters. The molecule has 0 amide bonds. The van der Waals surface area contributed by atoms with Gasteiger partial charge >= 0.3 is 5.88 Å². The Morgan fingerprint density at radius 3 is 2.55 bits per heavy atom. The van der Waals surface area contributed by atoms with E-state index in [1.165, 1.54) is 11.1 Å². The molecule has 2 N–H and O–H groups in total. The Balaban J connectivity index is 0.00000144. The predicted molar refractivity (Wildman–Crippen MR) is 80.8 cm³/mol. The number of aromatic hydroxyl groups is 1. The van der Waals surface area contributed by atoms with E-state index in [-0.39, 0.29) is 11.4 Å². The molecule has 1 aliphatic rings. The van der Waals surface area contributed by atoms with Gasteiger partial charge in [0.15, 0.2) is 11.4 Å². The first-order valence-corrected chi connectivity index (χ1v) is 7.12. The van der Waals surface area contributed by atoms with Gasteiger partial charge in [-0.25, -0.2) is 0 Å². The second-order valence-corrected chi connectivity index (χ2v) is 5.45. The maximum absolute atomic E-state index is 10.5. The smallest absolute Gasteiger partial charge is 0.354 e. The minimum atomic E-state index is 0. The zero-order valence-electron chi connectivity index (χ0n) is 12.3. The van der Waals surface area contributed by atoms with Crippen molar-refractivity contribution in [1.29, 1.82) is 0 Å². The Kier molecular flexibility index (Phi) is 3.42. The Hall–Kier alpha value is -2.66. The highest BCUT2D eigenvalue weighted by Gasteiger charge is 2.32. The van der Waals surface area contributed by atoms with Gasteiger partial charge in [0.1, 0.15) is 5.21 Å². The van der Waals surface area contributed by atoms with Gasteiger partial charge < -0.3 is 10.6 Å². The highest BCUT2D eigenvalue weighted by Crippen LogP contribution is 2.25. The maximum Gasteiger partial charge on any atom is 0.354 e. The van der Waals surface area contributed by atoms with Crippen LogP contribution in [-0.2, 0) is 12.8 Å². The molecule has 0 saturated carbocycles. The van der Waals surface area contributed by atoms with Gasteiger partial charge in [0.2, 0.25) is 5.69 Å². The van der Waals surface area contributed by atoms with Crippen LogP contribution in [0.1, 0.15) is 16.8 Å². The Bertz CT molecular complexity index is 822. The average Bonchev–Trinajstić information content (AvgIpc) is 2.86. The molecule has 1 aliphatic heterocycles. The van der Waals surface area contributed by atoms with Crippen LogP contribution in [-0.4, -0.2) is 20.5 Å². The summed E-state index contributed by atoms with van der Waals surface area (Å²) in [4.78, 5) is 0. The van der Waals surface area contributed by atoms with Crippen molar-refractivity contribution in [3.05, 3.63) is 65.4 Å². The summed E-state index contributed by atoms with van der Waals surface area (Å²) in [7, 11) is 0. The lowest BCUT2D eigenvalue weighted by molar-refractivity contribution is -0.671. The summed E-state index contributed by atoms with van der Waals surface area (Å²) in [5.41, 5.74) is 5.25. The molecule has 0 unspecified atom stereocenters. The number of aryl methyl sites for hydroxylation is 2. The molecule has 2 heterocycles. The molecular formula is C17H17N3O2. The molecule has 2 aromatic carbocycles. The average molecular weight is 295 g/mol. The standard InChI is InChI=1S/C17H15N3O.H2O/c1-12-6-9-14(10-7-12)19-17(21)16-11-8-13-4-2-3-5-15(13)20(16)18-19;/h2-7,9-10H,8,11H2,1H3;1H2. The monoisotopic (exact) mass is 295 g/mol. The van der Waals surface area contributed by atoms with Crippen molar-refractivity contribution in [2.24, 2.45) is 0 Å². The van der Waals surface area contributed by atoms with Crippen molar-refractivity contribution in [2.75, 3.05) is 0 Å². The zero-order chi connectivity index (χ0) is 14.4. The SMILES string of the molecule is Cc1ccc(-n2n[n+]3c(c2O)CCc2ccccc2-3)cc1.[OH-]. The van der Waals surface area contributed by atoms with Crippen LogP contribution >= 0.6 is 0 Å². The molecule has 4 rings (SSSR count). The molecule has 0 bridgehead atoms. The second kappa shape index (κ2) is 5.27. The lowest BCUT2D eigenvalue weighted by Gasteiger charge is -2.09. The molecule has 0 saturated heterocycles. The fraction of sp³-hybridized carbons (Fsp3) is 0.176. The van der Waals surface area contributed by atoms with Crippen LogP contribution in [0.5, 0.6) is 5.88 Å². The molecule has 3 aromatic rings. The molecule has 22 heavy (non-hydrogen) atoms. The summed E-state index contributed by atoms with van der Waals surface area (Å²) in [6.45, 7) is 2.04. The Morgan fingerprint density at radius 1 is 1.05 bits per heavy atom. The van der Waals surface area contributed by atoms with E-state index in [0.29, 0.717) is 0 Å². The van der Waals surface area contributed by atoms with E-state index in [1.54, 1.807) is 4.68 Å². The molecule has 1 aromatic heterocycles. The number of hydrogen-bond donors (Lipinski definition) is 1. The van der Waals surface area contributed by atoms with E-state index in [2.05, 4.69) is 11.3 Å². The third-order valence-electron chi connectivity index (χ3n) is 4.02. The lowest BCUT2D eigenvalue weighted by atomic mass is 10.0. The normalized spacial score (nSPS) is 12.2. The van der Waals surface area contributed by atoms with E-state index in [0.717, 1.165) is 29.9 Å². The second-order valence-electron chi connectivity index (χ2n) is 5.45. The summed E-state index contributed by atoms with van der Waals surface area (Å²) in [5, 5.41) is 15.1. The summed E-state index contributed by atoms with van der Waals surface area (Å²) in [5.74, 6) is 0.230. The van der Waals surface area contributed by atoms with Crippen molar-refractivity contribution in [3.8, 4) is 17.3 Å². The maximum atomic E-state index is 10.5. The van der Waals surface area contributed by atoms with Gasteiger partial charge in [-0.2, -0.15) is 0 Å². The van der Waals surface area contributed by atoms with Gasteiger partial charge in [0, 0.05) is 12.0 Å². The number of aromatic nitrogens is 3. The van der Waals surface area contributed by atoms with Crippen LogP contribution in [0.2, 0.25) is 0 Å². The summed E-state index contributed by atoms with van der Waals surface area (Å²) in [6.07, 6.45) is 1.73. The first-order chi connectivity index (χ1) is 10.2. The predicted octanol–water partition coefficient (Wildman–Crippen LogP) is 2.08. The lowest BCUT2D eigenvalue weighted by Crippen LogP contribution is -2.41. The van der Waals surface area contributed by atoms with Crippen LogP contribution in [0.4, 0.5) is 0 Å². The first kappa shape index (κ1) is 14.3. The Labute approximate surface area is 128 Å². The van der Waals surface area contributed by atoms with Crippen LogP contribution in [0, 0.1) is 6.92 Å². The van der Waals surface area contributed by atoms with E-state index in [4.69, 9.17) is 0 Å². The van der Waals surface area contributed by atoms with Gasteiger partial charge in [-0.15, -0.1) is 0 Å². The molecule has 0 spiro atoms. The topological polar surface area (TPSA) is 71.9 Å². The first-order valence-electron chi connectivity index (χ1n) is 7.12. The fourth-order valence-corrected chi connectivity index (χ4v) is 2.86. The summed E-state index contributed by atoms with van der Waals surface area (Å²) < 4.78 is 3.46. The fourth-order valence-electron chi connectivity index (χ4n) is 2.86. The molecule has 0 radical (unpaired) electrons. The van der Waals surface area contributed by atoms with Gasteiger partial charge in [-0.3, -0.25) is 0 Å². The van der Waals surface area contributed by atoms with Crippen molar-refractivity contribution in [3.63, 3.8) is 0 Å². The van der Waals surface area contributed by atoms with Gasteiger partial charge in [0.25, 0.3) is 0 Å². The molecule has 5 nitrogen and oxygen atoms in total. The van der Waals surface area contributed by atoms with Crippen molar-refractivity contribution < 1.29 is 15.3 Å². The minimum Gasteiger partial charge on any atom is -0.870 e. The highest BCUT2D eigenvalue weighted by atomic mass is 16.3. The van der Waals surface area contributed by atoms with Crippen LogP contribution in [0.15, 0.2) is 48.5 Å². The van der Waals surface area contributed by atoms with Crippen molar-refractivity contribution in [1.82, 2.24) is 9.90 Å².